The zero-order valence-electron chi connectivity index (χ0n) is 15.0. The Morgan fingerprint density at radius 3 is 2.50 bits per heavy atom. The first kappa shape index (κ1) is 18.0. The summed E-state index contributed by atoms with van der Waals surface area (Å²) in [4.78, 5) is 30.8. The number of nitrogens with zero attached hydrogens (tertiary/aromatic N) is 2. The van der Waals surface area contributed by atoms with E-state index in [1.165, 1.54) is 18.2 Å². The molecule has 0 bridgehead atoms. The minimum absolute atomic E-state index is 0.117. The second kappa shape index (κ2) is 7.67. The first-order valence-corrected chi connectivity index (χ1v) is 9.07. The van der Waals surface area contributed by atoms with Gasteiger partial charge in [-0.25, -0.2) is 4.39 Å². The number of benzene rings is 2. The number of anilines is 1. The Bertz CT molecular complexity index is 978. The summed E-state index contributed by atoms with van der Waals surface area (Å²) in [5, 5.41) is 0. The summed E-state index contributed by atoms with van der Waals surface area (Å²) in [6.45, 7) is 1.23. The number of carbonyl (C=O) groups is 2. The number of halogens is 1. The second-order valence-electron chi connectivity index (χ2n) is 6.65. The Kier molecular flexibility index (Phi) is 4.92. The van der Waals surface area contributed by atoms with Gasteiger partial charge in [-0.05, 0) is 37.1 Å². The van der Waals surface area contributed by atoms with Crippen molar-refractivity contribution in [2.75, 3.05) is 18.0 Å². The molecule has 8 heteroatoms. The second-order valence-corrected chi connectivity index (χ2v) is 6.65. The van der Waals surface area contributed by atoms with Crippen LogP contribution in [0.2, 0.25) is 0 Å². The number of fused-ring (bicyclic) bond motifs is 1. The SMILES string of the molecule is O=C(NNC(=O)C1CCN(c2nc3ccccc3o2)CC1)c1ccccc1F. The predicted molar refractivity (Wildman–Crippen MR) is 101 cm³/mol. The molecule has 1 aliphatic heterocycles. The quantitative estimate of drug-likeness (QED) is 0.680. The molecule has 0 saturated carbocycles. The maximum atomic E-state index is 13.6. The molecule has 0 radical (unpaired) electrons. The molecule has 0 spiro atoms. The normalized spacial score (nSPS) is 14.8. The highest BCUT2D eigenvalue weighted by molar-refractivity contribution is 5.95. The molecule has 2 amide bonds. The van der Waals surface area contributed by atoms with Crippen LogP contribution < -0.4 is 15.8 Å². The van der Waals surface area contributed by atoms with Gasteiger partial charge in [0.1, 0.15) is 11.3 Å². The highest BCUT2D eigenvalue weighted by Crippen LogP contribution is 2.26. The highest BCUT2D eigenvalue weighted by Gasteiger charge is 2.27. The molecule has 1 aliphatic rings. The summed E-state index contributed by atoms with van der Waals surface area (Å²) in [5.74, 6) is -1.86. The highest BCUT2D eigenvalue weighted by atomic mass is 19.1. The van der Waals surface area contributed by atoms with E-state index in [2.05, 4.69) is 15.8 Å². The Labute approximate surface area is 160 Å². The summed E-state index contributed by atoms with van der Waals surface area (Å²) in [5.41, 5.74) is 6.08. The summed E-state index contributed by atoms with van der Waals surface area (Å²) >= 11 is 0. The Hall–Kier alpha value is -3.42. The smallest absolute Gasteiger partial charge is 0.298 e. The van der Waals surface area contributed by atoms with Crippen molar-refractivity contribution in [2.24, 2.45) is 5.92 Å². The average molecular weight is 382 g/mol. The van der Waals surface area contributed by atoms with Crippen molar-refractivity contribution in [3.05, 3.63) is 59.9 Å². The molecule has 1 fully saturated rings. The van der Waals surface area contributed by atoms with Gasteiger partial charge in [-0.3, -0.25) is 20.4 Å². The lowest BCUT2D eigenvalue weighted by Crippen LogP contribution is -2.47. The molecular weight excluding hydrogens is 363 g/mol. The van der Waals surface area contributed by atoms with Crippen LogP contribution in [0.1, 0.15) is 23.2 Å². The van der Waals surface area contributed by atoms with E-state index in [4.69, 9.17) is 4.42 Å². The number of amides is 2. The van der Waals surface area contributed by atoms with Gasteiger partial charge in [0.05, 0.1) is 5.56 Å². The summed E-state index contributed by atoms with van der Waals surface area (Å²) in [7, 11) is 0. The number of hydrogen-bond donors (Lipinski definition) is 2. The van der Waals surface area contributed by atoms with Crippen molar-refractivity contribution < 1.29 is 18.4 Å². The number of nitrogens with one attached hydrogen (secondary N) is 2. The molecule has 0 unspecified atom stereocenters. The predicted octanol–water partition coefficient (Wildman–Crippen LogP) is 2.64. The van der Waals surface area contributed by atoms with Gasteiger partial charge in [0.15, 0.2) is 5.58 Å². The number of rotatable bonds is 3. The molecular formula is C20H19FN4O3. The molecule has 2 N–H and O–H groups in total. The van der Waals surface area contributed by atoms with Crippen LogP contribution in [0.5, 0.6) is 0 Å². The maximum absolute atomic E-state index is 13.6. The van der Waals surface area contributed by atoms with E-state index < -0.39 is 11.7 Å². The molecule has 144 valence electrons. The molecule has 2 aromatic carbocycles. The van der Waals surface area contributed by atoms with Crippen LogP contribution in [0.4, 0.5) is 10.4 Å². The standard InChI is InChI=1S/C20H19FN4O3/c21-15-6-2-1-5-14(15)19(27)24-23-18(26)13-9-11-25(12-10-13)20-22-16-7-3-4-8-17(16)28-20/h1-8,13H,9-12H2,(H,23,26)(H,24,27). The van der Waals surface area contributed by atoms with Crippen molar-refractivity contribution in [2.45, 2.75) is 12.8 Å². The number of carbonyl (C=O) groups excluding carboxylic acids is 2. The van der Waals surface area contributed by atoms with Gasteiger partial charge in [0.25, 0.3) is 11.9 Å². The van der Waals surface area contributed by atoms with Crippen LogP contribution in [-0.2, 0) is 4.79 Å². The lowest BCUT2D eigenvalue weighted by Gasteiger charge is -2.30. The molecule has 28 heavy (non-hydrogen) atoms. The third kappa shape index (κ3) is 3.66. The fourth-order valence-corrected chi connectivity index (χ4v) is 3.26. The zero-order chi connectivity index (χ0) is 19.5. The minimum Gasteiger partial charge on any atom is -0.423 e. The van der Waals surface area contributed by atoms with Crippen LogP contribution in [0.25, 0.3) is 11.1 Å². The number of hydrogen-bond acceptors (Lipinski definition) is 5. The van der Waals surface area contributed by atoms with Crippen LogP contribution in [0.3, 0.4) is 0 Å². The lowest BCUT2D eigenvalue weighted by atomic mass is 9.96. The van der Waals surface area contributed by atoms with Gasteiger partial charge in [-0.1, -0.05) is 24.3 Å². The molecule has 7 nitrogen and oxygen atoms in total. The van der Waals surface area contributed by atoms with Crippen molar-refractivity contribution in [3.8, 4) is 0 Å². The van der Waals surface area contributed by atoms with E-state index in [1.807, 2.05) is 29.2 Å². The monoisotopic (exact) mass is 382 g/mol. The topological polar surface area (TPSA) is 87.5 Å². The molecule has 4 rings (SSSR count). The van der Waals surface area contributed by atoms with Gasteiger partial charge in [0.2, 0.25) is 5.91 Å². The van der Waals surface area contributed by atoms with Crippen molar-refractivity contribution >= 4 is 28.9 Å². The van der Waals surface area contributed by atoms with Crippen LogP contribution >= 0.6 is 0 Å². The molecule has 1 aromatic heterocycles. The minimum atomic E-state index is -0.685. The van der Waals surface area contributed by atoms with Gasteiger partial charge >= 0.3 is 0 Å². The molecule has 0 aliphatic carbocycles. The Morgan fingerprint density at radius 1 is 1.04 bits per heavy atom. The lowest BCUT2D eigenvalue weighted by molar-refractivity contribution is -0.126. The third-order valence-corrected chi connectivity index (χ3v) is 4.84. The summed E-state index contributed by atoms with van der Waals surface area (Å²) < 4.78 is 19.4. The first-order chi connectivity index (χ1) is 13.6. The van der Waals surface area contributed by atoms with Crippen molar-refractivity contribution in [3.63, 3.8) is 0 Å². The number of hydrazine groups is 1. The largest absolute Gasteiger partial charge is 0.423 e. The average Bonchev–Trinajstić information content (AvgIpc) is 3.16. The Balaban J connectivity index is 1.30. The molecule has 0 atom stereocenters. The number of para-hydroxylation sites is 2. The summed E-state index contributed by atoms with van der Waals surface area (Å²) in [6, 6.07) is 13.7. The maximum Gasteiger partial charge on any atom is 0.298 e. The fourth-order valence-electron chi connectivity index (χ4n) is 3.26. The van der Waals surface area contributed by atoms with E-state index in [1.54, 1.807) is 6.07 Å². The van der Waals surface area contributed by atoms with Gasteiger partial charge in [-0.2, -0.15) is 4.98 Å². The van der Waals surface area contributed by atoms with E-state index >= 15 is 0 Å². The third-order valence-electron chi connectivity index (χ3n) is 4.84. The number of piperidine rings is 1. The van der Waals surface area contributed by atoms with Crippen LogP contribution in [0, 0.1) is 11.7 Å². The van der Waals surface area contributed by atoms with E-state index in [9.17, 15) is 14.0 Å². The van der Waals surface area contributed by atoms with Gasteiger partial charge in [0, 0.05) is 19.0 Å². The van der Waals surface area contributed by atoms with E-state index in [-0.39, 0.29) is 17.4 Å². The van der Waals surface area contributed by atoms with Gasteiger partial charge in [-0.15, -0.1) is 0 Å². The number of oxazole rings is 1. The van der Waals surface area contributed by atoms with Crippen molar-refractivity contribution in [1.82, 2.24) is 15.8 Å². The fraction of sp³-hybridized carbons (Fsp3) is 0.250. The molecule has 2 heterocycles. The molecule has 1 saturated heterocycles. The molecule has 3 aromatic rings. The number of aromatic nitrogens is 1. The van der Waals surface area contributed by atoms with Crippen LogP contribution in [-0.4, -0.2) is 29.9 Å². The van der Waals surface area contributed by atoms with Crippen LogP contribution in [0.15, 0.2) is 52.9 Å². The van der Waals surface area contributed by atoms with Gasteiger partial charge < -0.3 is 9.32 Å². The van der Waals surface area contributed by atoms with E-state index in [0.29, 0.717) is 31.9 Å². The zero-order valence-corrected chi connectivity index (χ0v) is 15.0. The summed E-state index contributed by atoms with van der Waals surface area (Å²) in [6.07, 6.45) is 1.19. The Morgan fingerprint density at radius 2 is 1.75 bits per heavy atom. The van der Waals surface area contributed by atoms with E-state index in [0.717, 1.165) is 11.1 Å². The van der Waals surface area contributed by atoms with Crippen molar-refractivity contribution in [1.29, 1.82) is 0 Å². The first-order valence-electron chi connectivity index (χ1n) is 9.07.